The highest BCUT2D eigenvalue weighted by molar-refractivity contribution is 5.86. The Morgan fingerprint density at radius 3 is 2.89 bits per heavy atom. The van der Waals surface area contributed by atoms with Crippen LogP contribution in [0.1, 0.15) is 51.2 Å². The summed E-state index contributed by atoms with van der Waals surface area (Å²) < 4.78 is 5.48. The normalized spacial score (nSPS) is 17.5. The molecule has 1 saturated heterocycles. The summed E-state index contributed by atoms with van der Waals surface area (Å²) in [6.45, 7) is 9.40. The SMILES string of the molecule is Cc1ccc2ncc(N)c(CCCC3CCN(C(=O)OC(C)(C)C)C3)c2c1. The van der Waals surface area contributed by atoms with Gasteiger partial charge in [0.15, 0.2) is 0 Å². The van der Waals surface area contributed by atoms with Crippen molar-refractivity contribution in [1.29, 1.82) is 0 Å². The summed E-state index contributed by atoms with van der Waals surface area (Å²) in [6, 6.07) is 6.32. The Morgan fingerprint density at radius 1 is 1.37 bits per heavy atom. The number of carbonyl (C=O) groups is 1. The van der Waals surface area contributed by atoms with E-state index in [0.717, 1.165) is 55.4 Å². The predicted molar refractivity (Wildman–Crippen MR) is 110 cm³/mol. The summed E-state index contributed by atoms with van der Waals surface area (Å²) in [5.74, 6) is 0.536. The Kier molecular flexibility index (Phi) is 5.59. The molecule has 1 atom stereocenters. The summed E-state index contributed by atoms with van der Waals surface area (Å²) in [7, 11) is 0. The Balaban J connectivity index is 1.57. The molecule has 0 bridgehead atoms. The van der Waals surface area contributed by atoms with E-state index in [2.05, 4.69) is 30.1 Å². The van der Waals surface area contributed by atoms with Gasteiger partial charge in [-0.2, -0.15) is 0 Å². The van der Waals surface area contributed by atoms with Crippen LogP contribution in [-0.4, -0.2) is 34.7 Å². The van der Waals surface area contributed by atoms with Crippen molar-refractivity contribution in [2.75, 3.05) is 18.8 Å². The molecule has 0 saturated carbocycles. The number of rotatable bonds is 4. The summed E-state index contributed by atoms with van der Waals surface area (Å²) in [5, 5.41) is 1.16. The summed E-state index contributed by atoms with van der Waals surface area (Å²) in [4.78, 5) is 18.5. The topological polar surface area (TPSA) is 68.5 Å². The minimum atomic E-state index is -0.437. The Hall–Kier alpha value is -2.30. The number of ether oxygens (including phenoxy) is 1. The maximum Gasteiger partial charge on any atom is 0.410 e. The average Bonchev–Trinajstić information content (AvgIpc) is 3.04. The lowest BCUT2D eigenvalue weighted by Crippen LogP contribution is -2.35. The second-order valence-corrected chi connectivity index (χ2v) is 8.69. The molecule has 1 aliphatic rings. The number of carbonyl (C=O) groups excluding carboxylic acids is 1. The highest BCUT2D eigenvalue weighted by atomic mass is 16.6. The molecule has 0 spiro atoms. The molecule has 5 heteroatoms. The third-order valence-electron chi connectivity index (χ3n) is 5.15. The van der Waals surface area contributed by atoms with Gasteiger partial charge in [-0.25, -0.2) is 4.79 Å². The van der Waals surface area contributed by atoms with E-state index in [0.29, 0.717) is 5.92 Å². The third kappa shape index (κ3) is 4.90. The summed E-state index contributed by atoms with van der Waals surface area (Å²) in [6.07, 6.45) is 5.72. The predicted octanol–water partition coefficient (Wildman–Crippen LogP) is 4.71. The third-order valence-corrected chi connectivity index (χ3v) is 5.15. The molecule has 1 aliphatic heterocycles. The quantitative estimate of drug-likeness (QED) is 0.848. The fourth-order valence-corrected chi connectivity index (χ4v) is 3.78. The first-order valence-electron chi connectivity index (χ1n) is 9.84. The van der Waals surface area contributed by atoms with Crippen LogP contribution in [0, 0.1) is 12.8 Å². The van der Waals surface area contributed by atoms with Gasteiger partial charge in [0.1, 0.15) is 5.60 Å². The van der Waals surface area contributed by atoms with Crippen LogP contribution in [-0.2, 0) is 11.2 Å². The number of amides is 1. The maximum atomic E-state index is 12.2. The summed E-state index contributed by atoms with van der Waals surface area (Å²) in [5.41, 5.74) is 9.98. The highest BCUT2D eigenvalue weighted by Crippen LogP contribution is 2.28. The summed E-state index contributed by atoms with van der Waals surface area (Å²) >= 11 is 0. The fourth-order valence-electron chi connectivity index (χ4n) is 3.78. The van der Waals surface area contributed by atoms with Gasteiger partial charge in [-0.15, -0.1) is 0 Å². The van der Waals surface area contributed by atoms with E-state index in [1.54, 1.807) is 6.20 Å². The first-order valence-corrected chi connectivity index (χ1v) is 9.84. The van der Waals surface area contributed by atoms with E-state index in [9.17, 15) is 4.79 Å². The molecule has 1 aromatic carbocycles. The van der Waals surface area contributed by atoms with Gasteiger partial charge >= 0.3 is 6.09 Å². The maximum absolute atomic E-state index is 12.2. The lowest BCUT2D eigenvalue weighted by atomic mass is 9.96. The molecule has 146 valence electrons. The van der Waals surface area contributed by atoms with Gasteiger partial charge in [0.2, 0.25) is 0 Å². The van der Waals surface area contributed by atoms with Gasteiger partial charge in [0, 0.05) is 18.5 Å². The zero-order valence-corrected chi connectivity index (χ0v) is 16.9. The van der Waals surface area contributed by atoms with Crippen LogP contribution in [0.2, 0.25) is 0 Å². The number of hydrogen-bond donors (Lipinski definition) is 1. The van der Waals surface area contributed by atoms with Crippen molar-refractivity contribution in [2.24, 2.45) is 5.92 Å². The standard InChI is InChI=1S/C22H31N3O2/c1-15-8-9-20-18(12-15)17(19(23)13-24-20)7-5-6-16-10-11-25(14-16)21(26)27-22(2,3)4/h8-9,12-13,16H,5-7,10-11,14,23H2,1-4H3. The van der Waals surface area contributed by atoms with Crippen molar-refractivity contribution < 1.29 is 9.53 Å². The first kappa shape index (κ1) is 19.5. The monoisotopic (exact) mass is 369 g/mol. The largest absolute Gasteiger partial charge is 0.444 e. The number of pyridine rings is 1. The Labute approximate surface area is 161 Å². The second-order valence-electron chi connectivity index (χ2n) is 8.69. The minimum Gasteiger partial charge on any atom is -0.444 e. The van der Waals surface area contributed by atoms with Gasteiger partial charge in [-0.05, 0) is 77.0 Å². The first-order chi connectivity index (χ1) is 12.7. The number of aryl methyl sites for hydroxylation is 2. The minimum absolute atomic E-state index is 0.190. The lowest BCUT2D eigenvalue weighted by molar-refractivity contribution is 0.0287. The zero-order chi connectivity index (χ0) is 19.6. The van der Waals surface area contributed by atoms with Crippen LogP contribution in [0.4, 0.5) is 10.5 Å². The molecule has 5 nitrogen and oxygen atoms in total. The van der Waals surface area contributed by atoms with Crippen molar-refractivity contribution in [3.63, 3.8) is 0 Å². The van der Waals surface area contributed by atoms with Gasteiger partial charge in [0.25, 0.3) is 0 Å². The Bertz CT molecular complexity index is 821. The van der Waals surface area contributed by atoms with E-state index >= 15 is 0 Å². The number of likely N-dealkylation sites (tertiary alicyclic amines) is 1. The van der Waals surface area contributed by atoms with Crippen molar-refractivity contribution >= 4 is 22.7 Å². The molecule has 1 unspecified atom stereocenters. The van der Waals surface area contributed by atoms with Gasteiger partial charge in [-0.1, -0.05) is 11.6 Å². The fraction of sp³-hybridized carbons (Fsp3) is 0.545. The zero-order valence-electron chi connectivity index (χ0n) is 16.9. The van der Waals surface area contributed by atoms with Crippen molar-refractivity contribution in [2.45, 2.75) is 59.0 Å². The lowest BCUT2D eigenvalue weighted by Gasteiger charge is -2.24. The molecule has 2 heterocycles. The number of anilines is 1. The van der Waals surface area contributed by atoms with Gasteiger partial charge < -0.3 is 15.4 Å². The van der Waals surface area contributed by atoms with Crippen molar-refractivity contribution in [3.8, 4) is 0 Å². The molecule has 2 N–H and O–H groups in total. The van der Waals surface area contributed by atoms with E-state index in [1.165, 1.54) is 11.1 Å². The molecular formula is C22H31N3O2. The second kappa shape index (κ2) is 7.75. The molecule has 3 rings (SSSR count). The molecule has 1 fully saturated rings. The van der Waals surface area contributed by atoms with Gasteiger partial charge in [0.05, 0.1) is 17.4 Å². The number of hydrogen-bond acceptors (Lipinski definition) is 4. The van der Waals surface area contributed by atoms with E-state index in [1.807, 2.05) is 25.7 Å². The molecule has 27 heavy (non-hydrogen) atoms. The highest BCUT2D eigenvalue weighted by Gasteiger charge is 2.29. The Morgan fingerprint density at radius 2 is 2.15 bits per heavy atom. The number of benzene rings is 1. The average molecular weight is 370 g/mol. The van der Waals surface area contributed by atoms with Crippen LogP contribution in [0.3, 0.4) is 0 Å². The van der Waals surface area contributed by atoms with Crippen LogP contribution >= 0.6 is 0 Å². The number of nitrogen functional groups attached to an aromatic ring is 1. The molecule has 0 aliphatic carbocycles. The van der Waals surface area contributed by atoms with Crippen LogP contribution in [0.25, 0.3) is 10.9 Å². The van der Waals surface area contributed by atoms with Crippen molar-refractivity contribution in [3.05, 3.63) is 35.5 Å². The van der Waals surface area contributed by atoms with Gasteiger partial charge in [-0.3, -0.25) is 4.98 Å². The number of nitrogens with zero attached hydrogens (tertiary/aromatic N) is 2. The number of fused-ring (bicyclic) bond motifs is 1. The smallest absolute Gasteiger partial charge is 0.410 e. The van der Waals surface area contributed by atoms with Crippen LogP contribution < -0.4 is 5.73 Å². The molecule has 1 aromatic heterocycles. The number of aromatic nitrogens is 1. The molecular weight excluding hydrogens is 338 g/mol. The molecule has 2 aromatic rings. The van der Waals surface area contributed by atoms with Crippen LogP contribution in [0.15, 0.2) is 24.4 Å². The number of nitrogens with two attached hydrogens (primary N) is 1. The molecule has 0 radical (unpaired) electrons. The van der Waals surface area contributed by atoms with Crippen LogP contribution in [0.5, 0.6) is 0 Å². The van der Waals surface area contributed by atoms with E-state index in [-0.39, 0.29) is 6.09 Å². The van der Waals surface area contributed by atoms with E-state index < -0.39 is 5.60 Å². The van der Waals surface area contributed by atoms with Crippen molar-refractivity contribution in [1.82, 2.24) is 9.88 Å². The van der Waals surface area contributed by atoms with E-state index in [4.69, 9.17) is 10.5 Å². The molecule has 1 amide bonds.